The molecular weight excluding hydrogens is 364 g/mol. The number of carbonyl (C=O) groups is 1. The predicted molar refractivity (Wildman–Crippen MR) is 104 cm³/mol. The number of nitrogens with one attached hydrogen (secondary N) is 2. The number of hydrogen-bond donors (Lipinski definition) is 2. The predicted octanol–water partition coefficient (Wildman–Crippen LogP) is 2.73. The summed E-state index contributed by atoms with van der Waals surface area (Å²) < 4.78 is 28.5. The molecule has 1 aromatic heterocycles. The molecule has 0 saturated carbocycles. The Morgan fingerprint density at radius 1 is 1.07 bits per heavy atom. The average Bonchev–Trinajstić information content (AvgIpc) is 2.94. The number of imidazole rings is 1. The van der Waals surface area contributed by atoms with Crippen molar-refractivity contribution in [1.82, 2.24) is 19.6 Å². The van der Waals surface area contributed by atoms with Gasteiger partial charge in [-0.05, 0) is 44.5 Å². The molecule has 2 amide bonds. The second kappa shape index (κ2) is 7.79. The lowest BCUT2D eigenvalue weighted by Crippen LogP contribution is -2.39. The maximum absolute atomic E-state index is 12.2. The summed E-state index contributed by atoms with van der Waals surface area (Å²) in [4.78, 5) is 16.5. The van der Waals surface area contributed by atoms with Gasteiger partial charge in [0.15, 0.2) is 0 Å². The fraction of sp³-hybridized carbons (Fsp3) is 0.263. The van der Waals surface area contributed by atoms with Crippen molar-refractivity contribution in [3.63, 3.8) is 0 Å². The van der Waals surface area contributed by atoms with E-state index < -0.39 is 16.1 Å². The number of aromatic nitrogens is 2. The molecule has 8 heteroatoms. The number of nitrogens with zero attached hydrogens (tertiary/aromatic N) is 2. The average molecular weight is 386 g/mol. The maximum atomic E-state index is 12.2. The second-order valence-corrected chi connectivity index (χ2v) is 8.01. The molecule has 0 unspecified atom stereocenters. The fourth-order valence-corrected chi connectivity index (χ4v) is 3.78. The smallest absolute Gasteiger partial charge is 0.328 e. The number of fused-ring (bicyclic) bond motifs is 1. The van der Waals surface area contributed by atoms with Crippen LogP contribution in [0.3, 0.4) is 0 Å². The van der Waals surface area contributed by atoms with Crippen molar-refractivity contribution in [2.24, 2.45) is 0 Å². The van der Waals surface area contributed by atoms with E-state index in [9.17, 15) is 13.2 Å². The molecule has 27 heavy (non-hydrogen) atoms. The number of aryl methyl sites for hydroxylation is 3. The van der Waals surface area contributed by atoms with E-state index in [0.29, 0.717) is 19.5 Å². The molecule has 1 heterocycles. The molecule has 0 radical (unpaired) electrons. The van der Waals surface area contributed by atoms with Gasteiger partial charge in [-0.15, -0.1) is 0 Å². The molecule has 0 saturated heterocycles. The van der Waals surface area contributed by atoms with Gasteiger partial charge < -0.3 is 9.88 Å². The molecule has 0 aliphatic heterocycles. The quantitative estimate of drug-likeness (QED) is 0.637. The normalized spacial score (nSPS) is 11.5. The van der Waals surface area contributed by atoms with E-state index in [0.717, 1.165) is 22.4 Å². The SMILES string of the molecule is Cc1ccc(S(=O)(=O)NC(=O)NCCCn2c(C)nc3ccccc32)cc1. The van der Waals surface area contributed by atoms with Gasteiger partial charge in [-0.2, -0.15) is 0 Å². The number of hydrogen-bond acceptors (Lipinski definition) is 4. The van der Waals surface area contributed by atoms with Gasteiger partial charge in [0, 0.05) is 13.1 Å². The van der Waals surface area contributed by atoms with Crippen molar-refractivity contribution in [3.8, 4) is 0 Å². The standard InChI is InChI=1S/C19H22N4O3S/c1-14-8-10-16(11-9-14)27(25,26)22-19(24)20-12-5-13-23-15(2)21-17-6-3-4-7-18(17)23/h3-4,6-11H,5,12-13H2,1-2H3,(H2,20,22,24). The summed E-state index contributed by atoms with van der Waals surface area (Å²) in [6.45, 7) is 4.83. The molecule has 2 N–H and O–H groups in total. The minimum absolute atomic E-state index is 0.0590. The van der Waals surface area contributed by atoms with Gasteiger partial charge in [0.1, 0.15) is 5.82 Å². The van der Waals surface area contributed by atoms with E-state index in [-0.39, 0.29) is 4.90 Å². The Kier molecular flexibility index (Phi) is 5.46. The van der Waals surface area contributed by atoms with Gasteiger partial charge in [0.25, 0.3) is 10.0 Å². The van der Waals surface area contributed by atoms with Crippen LogP contribution >= 0.6 is 0 Å². The van der Waals surface area contributed by atoms with Crippen LogP contribution in [0.15, 0.2) is 53.4 Å². The van der Waals surface area contributed by atoms with Crippen LogP contribution < -0.4 is 10.0 Å². The van der Waals surface area contributed by atoms with Crippen molar-refractivity contribution >= 4 is 27.1 Å². The van der Waals surface area contributed by atoms with Crippen LogP contribution in [0.5, 0.6) is 0 Å². The summed E-state index contributed by atoms with van der Waals surface area (Å²) in [6, 6.07) is 13.4. The monoisotopic (exact) mass is 386 g/mol. The number of para-hydroxylation sites is 2. The molecule has 2 aromatic carbocycles. The zero-order valence-electron chi connectivity index (χ0n) is 15.3. The van der Waals surface area contributed by atoms with Crippen molar-refractivity contribution < 1.29 is 13.2 Å². The molecule has 7 nitrogen and oxygen atoms in total. The highest BCUT2D eigenvalue weighted by Crippen LogP contribution is 2.15. The van der Waals surface area contributed by atoms with Crippen LogP contribution in [0.1, 0.15) is 17.8 Å². The summed E-state index contributed by atoms with van der Waals surface area (Å²) in [7, 11) is -3.87. The van der Waals surface area contributed by atoms with Crippen LogP contribution in [-0.2, 0) is 16.6 Å². The lowest BCUT2D eigenvalue weighted by atomic mass is 10.2. The van der Waals surface area contributed by atoms with E-state index in [4.69, 9.17) is 0 Å². The van der Waals surface area contributed by atoms with Crippen LogP contribution in [0.2, 0.25) is 0 Å². The van der Waals surface area contributed by atoms with Crippen molar-refractivity contribution in [1.29, 1.82) is 0 Å². The Labute approximate surface area is 158 Å². The first-order chi connectivity index (χ1) is 12.9. The second-order valence-electron chi connectivity index (χ2n) is 6.33. The van der Waals surface area contributed by atoms with Crippen LogP contribution in [-0.4, -0.2) is 30.5 Å². The first-order valence-electron chi connectivity index (χ1n) is 8.66. The fourth-order valence-electron chi connectivity index (χ4n) is 2.85. The van der Waals surface area contributed by atoms with Crippen molar-refractivity contribution in [2.75, 3.05) is 6.54 Å². The van der Waals surface area contributed by atoms with E-state index in [1.165, 1.54) is 12.1 Å². The number of benzene rings is 2. The minimum atomic E-state index is -3.87. The first-order valence-corrected chi connectivity index (χ1v) is 10.1. The zero-order chi connectivity index (χ0) is 19.4. The molecule has 0 fully saturated rings. The third-order valence-corrected chi connectivity index (χ3v) is 5.59. The van der Waals surface area contributed by atoms with Crippen molar-refractivity contribution in [3.05, 3.63) is 59.9 Å². The molecule has 3 rings (SSSR count). The van der Waals surface area contributed by atoms with Gasteiger partial charge in [-0.1, -0.05) is 29.8 Å². The van der Waals surface area contributed by atoms with E-state index in [1.54, 1.807) is 12.1 Å². The third-order valence-electron chi connectivity index (χ3n) is 4.25. The van der Waals surface area contributed by atoms with Gasteiger partial charge in [-0.3, -0.25) is 0 Å². The van der Waals surface area contributed by atoms with Crippen molar-refractivity contribution in [2.45, 2.75) is 31.7 Å². The summed E-state index contributed by atoms with van der Waals surface area (Å²) in [5.74, 6) is 0.905. The van der Waals surface area contributed by atoms with Crippen LogP contribution in [0, 0.1) is 13.8 Å². The highest BCUT2D eigenvalue weighted by molar-refractivity contribution is 7.90. The third kappa shape index (κ3) is 4.46. The number of amides is 2. The summed E-state index contributed by atoms with van der Waals surface area (Å²) in [6.07, 6.45) is 0.652. The maximum Gasteiger partial charge on any atom is 0.328 e. The Morgan fingerprint density at radius 3 is 2.52 bits per heavy atom. The molecule has 0 spiro atoms. The molecule has 0 aliphatic rings. The van der Waals surface area contributed by atoms with Gasteiger partial charge in [0.2, 0.25) is 0 Å². The zero-order valence-corrected chi connectivity index (χ0v) is 16.1. The summed E-state index contributed by atoms with van der Waals surface area (Å²) in [5.41, 5.74) is 2.92. The molecule has 142 valence electrons. The Bertz CT molecular complexity index is 1060. The first kappa shape index (κ1) is 18.9. The molecule has 0 aliphatic carbocycles. The lowest BCUT2D eigenvalue weighted by molar-refractivity contribution is 0.245. The lowest BCUT2D eigenvalue weighted by Gasteiger charge is -2.10. The van der Waals surface area contributed by atoms with E-state index >= 15 is 0 Å². The van der Waals surface area contributed by atoms with E-state index in [1.807, 2.05) is 42.8 Å². The van der Waals surface area contributed by atoms with Gasteiger partial charge in [-0.25, -0.2) is 22.9 Å². The van der Waals surface area contributed by atoms with Gasteiger partial charge >= 0.3 is 6.03 Å². The molecule has 0 atom stereocenters. The summed E-state index contributed by atoms with van der Waals surface area (Å²) >= 11 is 0. The Morgan fingerprint density at radius 2 is 1.78 bits per heavy atom. The number of rotatable bonds is 6. The highest BCUT2D eigenvalue weighted by Gasteiger charge is 2.17. The summed E-state index contributed by atoms with van der Waals surface area (Å²) in [5, 5.41) is 2.59. The minimum Gasteiger partial charge on any atom is -0.337 e. The largest absolute Gasteiger partial charge is 0.337 e. The van der Waals surface area contributed by atoms with Crippen LogP contribution in [0.4, 0.5) is 4.79 Å². The topological polar surface area (TPSA) is 93.1 Å². The van der Waals surface area contributed by atoms with E-state index in [2.05, 4.69) is 14.9 Å². The molecule has 0 bridgehead atoms. The van der Waals surface area contributed by atoms with Crippen LogP contribution in [0.25, 0.3) is 11.0 Å². The van der Waals surface area contributed by atoms with Gasteiger partial charge in [0.05, 0.1) is 15.9 Å². The Balaban J connectivity index is 1.52. The Hall–Kier alpha value is -2.87. The molecule has 3 aromatic rings. The highest BCUT2D eigenvalue weighted by atomic mass is 32.2. The molecular formula is C19H22N4O3S. The number of urea groups is 1. The number of sulfonamides is 1. The number of carbonyl (C=O) groups excluding carboxylic acids is 1.